The third-order valence-corrected chi connectivity index (χ3v) is 6.11. The molecule has 1 aliphatic rings. The Kier molecular flexibility index (Phi) is 6.43. The van der Waals surface area contributed by atoms with Crippen molar-refractivity contribution < 1.29 is 31.4 Å². The van der Waals surface area contributed by atoms with Crippen molar-refractivity contribution in [1.82, 2.24) is 20.6 Å². The van der Waals surface area contributed by atoms with Crippen LogP contribution in [-0.4, -0.2) is 40.1 Å². The van der Waals surface area contributed by atoms with Gasteiger partial charge in [0.15, 0.2) is 11.3 Å². The van der Waals surface area contributed by atoms with Gasteiger partial charge >= 0.3 is 6.18 Å². The number of aliphatic hydroxyl groups is 1. The summed E-state index contributed by atoms with van der Waals surface area (Å²) in [5.74, 6) is -2.06. The number of hydrogen-bond donors (Lipinski definition) is 2. The molecule has 2 unspecified atom stereocenters. The maximum absolute atomic E-state index is 16.5. The van der Waals surface area contributed by atoms with Crippen molar-refractivity contribution in [3.05, 3.63) is 89.2 Å². The monoisotopic (exact) mass is 509 g/mol. The molecule has 0 bridgehead atoms. The first-order valence-electron chi connectivity index (χ1n) is 10.6. The summed E-state index contributed by atoms with van der Waals surface area (Å²) in [5, 5.41) is 18.1. The van der Waals surface area contributed by atoms with Crippen molar-refractivity contribution in [3.8, 4) is 11.1 Å². The molecule has 190 valence electrons. The lowest BCUT2D eigenvalue weighted by molar-refractivity contribution is -0.141. The number of aromatic nitrogens is 1. The number of benzene rings is 2. The predicted octanol–water partition coefficient (Wildman–Crippen LogP) is 4.73. The molecule has 0 saturated heterocycles. The number of hydrazone groups is 1. The van der Waals surface area contributed by atoms with E-state index in [4.69, 9.17) is 0 Å². The Morgan fingerprint density at radius 2 is 1.61 bits per heavy atom. The summed E-state index contributed by atoms with van der Waals surface area (Å²) < 4.78 is 83.4. The van der Waals surface area contributed by atoms with Crippen LogP contribution >= 0.6 is 0 Å². The topological polar surface area (TPSA) is 64.0 Å². The van der Waals surface area contributed by atoms with Crippen LogP contribution in [0.5, 0.6) is 0 Å². The average Bonchev–Trinajstić information content (AvgIpc) is 3.22. The highest BCUT2D eigenvalue weighted by atomic mass is 19.4. The van der Waals surface area contributed by atoms with Gasteiger partial charge in [-0.25, -0.2) is 18.7 Å². The van der Waals surface area contributed by atoms with Gasteiger partial charge in [0.25, 0.3) is 0 Å². The number of halogens is 6. The first kappa shape index (κ1) is 25.5. The minimum Gasteiger partial charge on any atom is -0.379 e. The van der Waals surface area contributed by atoms with Crippen LogP contribution in [0.1, 0.15) is 23.7 Å². The fraction of sp³-hybridized carbons (Fsp3) is 0.250. The molecule has 2 N–H and O–H groups in total. The van der Waals surface area contributed by atoms with E-state index in [2.05, 4.69) is 15.6 Å². The second-order valence-electron chi connectivity index (χ2n) is 8.46. The highest BCUT2D eigenvalue weighted by Gasteiger charge is 2.54. The summed E-state index contributed by atoms with van der Waals surface area (Å²) in [6, 6.07) is 9.43. The van der Waals surface area contributed by atoms with Crippen LogP contribution in [0, 0.1) is 11.6 Å². The molecule has 2 atom stereocenters. The van der Waals surface area contributed by atoms with Crippen molar-refractivity contribution in [3.63, 3.8) is 0 Å². The molecule has 12 heteroatoms. The SMILES string of the molecule is CN1NN=CN1CC(O)(c1ccc(F)cc1F)C(C)(F)c1ccc(-c2ccc(C(F)(F)F)cc2)cn1. The molecule has 1 aliphatic heterocycles. The Labute approximate surface area is 202 Å². The van der Waals surface area contributed by atoms with E-state index in [1.54, 1.807) is 0 Å². The summed E-state index contributed by atoms with van der Waals surface area (Å²) >= 11 is 0. The van der Waals surface area contributed by atoms with E-state index in [1.165, 1.54) is 54.0 Å². The minimum atomic E-state index is -4.49. The maximum atomic E-state index is 16.5. The van der Waals surface area contributed by atoms with Gasteiger partial charge in [-0.2, -0.15) is 18.3 Å². The van der Waals surface area contributed by atoms with Gasteiger partial charge in [0.1, 0.15) is 18.0 Å². The van der Waals surface area contributed by atoms with Gasteiger partial charge in [-0.1, -0.05) is 24.3 Å². The zero-order valence-corrected chi connectivity index (χ0v) is 19.1. The van der Waals surface area contributed by atoms with Gasteiger partial charge in [0.2, 0.25) is 0 Å². The van der Waals surface area contributed by atoms with Crippen LogP contribution in [0.3, 0.4) is 0 Å². The van der Waals surface area contributed by atoms with Gasteiger partial charge < -0.3 is 5.11 Å². The zero-order valence-electron chi connectivity index (χ0n) is 19.1. The highest BCUT2D eigenvalue weighted by molar-refractivity contribution is 5.63. The number of nitrogens with one attached hydrogen (secondary N) is 1. The molecule has 0 spiro atoms. The van der Waals surface area contributed by atoms with E-state index < -0.39 is 46.8 Å². The van der Waals surface area contributed by atoms with Crippen LogP contribution in [0.4, 0.5) is 26.3 Å². The number of nitrogens with zero attached hydrogens (tertiary/aromatic N) is 4. The van der Waals surface area contributed by atoms with Gasteiger partial charge in [-0.05, 0) is 36.8 Å². The number of pyridine rings is 1. The quantitative estimate of drug-likeness (QED) is 0.471. The van der Waals surface area contributed by atoms with Crippen LogP contribution in [0.15, 0.2) is 65.9 Å². The van der Waals surface area contributed by atoms with Crippen molar-refractivity contribution in [2.45, 2.75) is 24.4 Å². The largest absolute Gasteiger partial charge is 0.416 e. The lowest BCUT2D eigenvalue weighted by Crippen LogP contribution is -2.55. The van der Waals surface area contributed by atoms with Crippen molar-refractivity contribution in [2.24, 2.45) is 5.10 Å². The van der Waals surface area contributed by atoms with Crippen molar-refractivity contribution >= 4 is 6.34 Å². The maximum Gasteiger partial charge on any atom is 0.416 e. The number of rotatable bonds is 6. The lowest BCUT2D eigenvalue weighted by Gasteiger charge is -2.42. The molecule has 36 heavy (non-hydrogen) atoms. The van der Waals surface area contributed by atoms with Crippen LogP contribution < -0.4 is 5.53 Å². The smallest absolute Gasteiger partial charge is 0.379 e. The Hall–Kier alpha value is -3.64. The number of hydrogen-bond acceptors (Lipinski definition) is 6. The second kappa shape index (κ2) is 9.10. The van der Waals surface area contributed by atoms with Gasteiger partial charge in [-0.15, -0.1) is 5.12 Å². The van der Waals surface area contributed by atoms with Crippen molar-refractivity contribution in [2.75, 3.05) is 13.6 Å². The van der Waals surface area contributed by atoms with E-state index in [0.717, 1.165) is 31.2 Å². The summed E-state index contributed by atoms with van der Waals surface area (Å²) in [6.07, 6.45) is -1.99. The van der Waals surface area contributed by atoms with Crippen molar-refractivity contribution in [1.29, 1.82) is 0 Å². The number of β-amino-alcohol motifs (C(OH)–C–C–N with tert-alkyl or cyclic N) is 1. The predicted molar refractivity (Wildman–Crippen MR) is 119 cm³/mol. The molecule has 0 radical (unpaired) electrons. The third-order valence-electron chi connectivity index (χ3n) is 6.11. The molecule has 2 heterocycles. The van der Waals surface area contributed by atoms with E-state index in [0.29, 0.717) is 17.2 Å². The van der Waals surface area contributed by atoms with E-state index in [1.807, 2.05) is 0 Å². The number of hydrazine groups is 2. The molecule has 4 rings (SSSR count). The Morgan fingerprint density at radius 1 is 0.944 bits per heavy atom. The molecule has 0 fully saturated rings. The average molecular weight is 509 g/mol. The van der Waals surface area contributed by atoms with Crippen LogP contribution in [0.25, 0.3) is 11.1 Å². The van der Waals surface area contributed by atoms with Crippen LogP contribution in [0.2, 0.25) is 0 Å². The molecule has 0 aliphatic carbocycles. The summed E-state index contributed by atoms with van der Waals surface area (Å²) in [5.41, 5.74) is -3.55. The fourth-order valence-corrected chi connectivity index (χ4v) is 3.91. The van der Waals surface area contributed by atoms with E-state index in [-0.39, 0.29) is 5.69 Å². The van der Waals surface area contributed by atoms with E-state index in [9.17, 15) is 27.1 Å². The zero-order chi connectivity index (χ0) is 26.3. The Balaban J connectivity index is 1.72. The Bertz CT molecular complexity index is 1260. The molecular formula is C24H21F6N5O. The van der Waals surface area contributed by atoms with E-state index >= 15 is 4.39 Å². The fourth-order valence-electron chi connectivity index (χ4n) is 3.91. The molecular weight excluding hydrogens is 488 g/mol. The van der Waals surface area contributed by atoms with Crippen LogP contribution in [-0.2, 0) is 17.4 Å². The normalized spacial score (nSPS) is 17.5. The molecule has 0 amide bonds. The summed E-state index contributed by atoms with van der Waals surface area (Å²) in [4.78, 5) is 4.10. The lowest BCUT2D eigenvalue weighted by atomic mass is 9.77. The number of alkyl halides is 4. The summed E-state index contributed by atoms with van der Waals surface area (Å²) in [7, 11) is 1.53. The van der Waals surface area contributed by atoms with Gasteiger partial charge in [-0.3, -0.25) is 9.99 Å². The standard InChI is InChI=1S/C24H21F6N5O/c1-22(27,21-10-5-16(12-31-21)15-3-6-17(7-4-15)24(28,29)30)23(36,13-35-14-32-33-34(35)2)19-9-8-18(25)11-20(19)26/h3-12,14,33,36H,13H2,1-2H3. The minimum absolute atomic E-state index is 0.281. The first-order chi connectivity index (χ1) is 16.8. The molecule has 1 aromatic heterocycles. The Morgan fingerprint density at radius 3 is 2.14 bits per heavy atom. The van der Waals surface area contributed by atoms with Gasteiger partial charge in [0, 0.05) is 30.4 Å². The molecule has 0 saturated carbocycles. The third kappa shape index (κ3) is 4.61. The molecule has 2 aromatic carbocycles. The molecule has 6 nitrogen and oxygen atoms in total. The molecule has 3 aromatic rings. The first-order valence-corrected chi connectivity index (χ1v) is 10.6. The summed E-state index contributed by atoms with van der Waals surface area (Å²) in [6.45, 7) is 0.481. The van der Waals surface area contributed by atoms with Gasteiger partial charge in [0.05, 0.1) is 17.8 Å². The second-order valence-corrected chi connectivity index (χ2v) is 8.46. The highest BCUT2D eigenvalue weighted by Crippen LogP contribution is 2.45.